The van der Waals surface area contributed by atoms with Crippen molar-refractivity contribution in [3.05, 3.63) is 35.6 Å². The van der Waals surface area contributed by atoms with Gasteiger partial charge in [-0.15, -0.1) is 0 Å². The first-order chi connectivity index (χ1) is 11.5. The van der Waals surface area contributed by atoms with E-state index in [0.717, 1.165) is 44.1 Å². The molecule has 1 saturated carbocycles. The molecule has 3 rings (SSSR count). The van der Waals surface area contributed by atoms with E-state index in [2.05, 4.69) is 5.32 Å². The van der Waals surface area contributed by atoms with Crippen LogP contribution in [-0.2, 0) is 15.0 Å². The van der Waals surface area contributed by atoms with Crippen LogP contribution in [0.1, 0.15) is 51.0 Å². The molecule has 2 fully saturated rings. The van der Waals surface area contributed by atoms with Gasteiger partial charge in [-0.1, -0.05) is 25.0 Å². The minimum absolute atomic E-state index is 0.0400. The Kier molecular flexibility index (Phi) is 4.88. The number of benzene rings is 1. The summed E-state index contributed by atoms with van der Waals surface area (Å²) in [6.45, 7) is 2.73. The molecule has 1 aliphatic carbocycles. The predicted molar refractivity (Wildman–Crippen MR) is 90.0 cm³/mol. The average Bonchev–Trinajstić information content (AvgIpc) is 3.23. The van der Waals surface area contributed by atoms with E-state index in [0.29, 0.717) is 13.1 Å². The zero-order valence-corrected chi connectivity index (χ0v) is 14.2. The van der Waals surface area contributed by atoms with Gasteiger partial charge < -0.3 is 10.2 Å². The number of nitrogens with one attached hydrogen (secondary N) is 1. The van der Waals surface area contributed by atoms with Gasteiger partial charge in [0, 0.05) is 25.4 Å². The highest BCUT2D eigenvalue weighted by Crippen LogP contribution is 2.40. The molecule has 0 radical (unpaired) electrons. The van der Waals surface area contributed by atoms with E-state index in [1.54, 1.807) is 4.90 Å². The van der Waals surface area contributed by atoms with Gasteiger partial charge in [0.1, 0.15) is 11.9 Å². The number of hydrogen-bond acceptors (Lipinski definition) is 2. The number of nitrogens with zero attached hydrogens (tertiary/aromatic N) is 1. The maximum atomic E-state index is 13.2. The highest BCUT2D eigenvalue weighted by molar-refractivity contribution is 5.87. The molecular formula is C19H25FN2O2. The Morgan fingerprint density at radius 2 is 1.88 bits per heavy atom. The first-order valence-electron chi connectivity index (χ1n) is 8.83. The lowest BCUT2D eigenvalue weighted by Crippen LogP contribution is -2.48. The van der Waals surface area contributed by atoms with Crippen molar-refractivity contribution in [1.82, 2.24) is 10.2 Å². The number of likely N-dealkylation sites (tertiary alicyclic amines) is 1. The van der Waals surface area contributed by atoms with E-state index < -0.39 is 0 Å². The number of hydrogen-bond donors (Lipinski definition) is 1. The van der Waals surface area contributed by atoms with E-state index in [4.69, 9.17) is 0 Å². The molecule has 1 saturated heterocycles. The molecule has 2 aliphatic rings. The zero-order chi connectivity index (χ0) is 17.2. The average molecular weight is 332 g/mol. The van der Waals surface area contributed by atoms with Crippen LogP contribution in [0.4, 0.5) is 4.39 Å². The van der Waals surface area contributed by atoms with Crippen LogP contribution < -0.4 is 5.32 Å². The first-order valence-corrected chi connectivity index (χ1v) is 8.83. The molecule has 4 nitrogen and oxygen atoms in total. The summed E-state index contributed by atoms with van der Waals surface area (Å²) in [5.74, 6) is -0.336. The molecular weight excluding hydrogens is 307 g/mol. The van der Waals surface area contributed by atoms with Crippen molar-refractivity contribution in [2.75, 3.05) is 13.1 Å². The normalized spacial score (nSPS) is 22.6. The second-order valence-corrected chi connectivity index (χ2v) is 7.08. The van der Waals surface area contributed by atoms with Gasteiger partial charge in [0.05, 0.1) is 0 Å². The maximum absolute atomic E-state index is 13.2. The minimum atomic E-state index is -0.339. The van der Waals surface area contributed by atoms with Crippen LogP contribution in [0, 0.1) is 5.82 Å². The number of rotatable bonds is 4. The number of amides is 2. The van der Waals surface area contributed by atoms with Crippen molar-refractivity contribution in [2.45, 2.75) is 56.9 Å². The molecule has 24 heavy (non-hydrogen) atoms. The maximum Gasteiger partial charge on any atom is 0.242 e. The first kappa shape index (κ1) is 16.9. The van der Waals surface area contributed by atoms with Crippen LogP contribution in [0.2, 0.25) is 0 Å². The molecule has 1 atom stereocenters. The summed E-state index contributed by atoms with van der Waals surface area (Å²) in [4.78, 5) is 25.9. The molecule has 0 spiro atoms. The van der Waals surface area contributed by atoms with Gasteiger partial charge in [-0.05, 0) is 43.4 Å². The van der Waals surface area contributed by atoms with Crippen molar-refractivity contribution in [3.8, 4) is 0 Å². The van der Waals surface area contributed by atoms with Gasteiger partial charge in [-0.25, -0.2) is 4.39 Å². The molecule has 0 bridgehead atoms. The molecule has 1 aliphatic heterocycles. The summed E-state index contributed by atoms with van der Waals surface area (Å²) in [5, 5.41) is 3.08. The fraction of sp³-hybridized carbons (Fsp3) is 0.579. The molecule has 0 aromatic heterocycles. The summed E-state index contributed by atoms with van der Waals surface area (Å²) < 4.78 is 13.2. The molecule has 1 heterocycles. The quantitative estimate of drug-likeness (QED) is 0.922. The Morgan fingerprint density at radius 3 is 2.50 bits per heavy atom. The van der Waals surface area contributed by atoms with Crippen LogP contribution >= 0.6 is 0 Å². The Bertz CT molecular complexity index is 608. The predicted octanol–water partition coefficient (Wildman–Crippen LogP) is 2.76. The second kappa shape index (κ2) is 6.91. The van der Waals surface area contributed by atoms with Crippen LogP contribution in [0.15, 0.2) is 24.3 Å². The fourth-order valence-electron chi connectivity index (χ4n) is 4.21. The lowest BCUT2D eigenvalue weighted by Gasteiger charge is -2.31. The summed E-state index contributed by atoms with van der Waals surface area (Å²) >= 11 is 0. The van der Waals surface area contributed by atoms with Crippen LogP contribution in [0.25, 0.3) is 0 Å². The van der Waals surface area contributed by atoms with E-state index in [1.807, 2.05) is 12.1 Å². The summed E-state index contributed by atoms with van der Waals surface area (Å²) in [7, 11) is 0. The third-order valence-corrected chi connectivity index (χ3v) is 5.58. The Morgan fingerprint density at radius 1 is 1.21 bits per heavy atom. The fourth-order valence-corrected chi connectivity index (χ4v) is 4.21. The molecule has 1 N–H and O–H groups in total. The SMILES string of the molecule is CC(=O)N1CCCC1C(=O)NCC1(c2ccc(F)cc2)CCCC1. The van der Waals surface area contributed by atoms with Crippen LogP contribution in [-0.4, -0.2) is 35.8 Å². The molecule has 2 amide bonds. The highest BCUT2D eigenvalue weighted by atomic mass is 19.1. The zero-order valence-electron chi connectivity index (χ0n) is 14.2. The van der Waals surface area contributed by atoms with Crippen molar-refractivity contribution < 1.29 is 14.0 Å². The van der Waals surface area contributed by atoms with Gasteiger partial charge in [-0.3, -0.25) is 9.59 Å². The van der Waals surface area contributed by atoms with Crippen LogP contribution in [0.3, 0.4) is 0 Å². The van der Waals surface area contributed by atoms with E-state index >= 15 is 0 Å². The molecule has 5 heteroatoms. The number of carbonyl (C=O) groups is 2. The lowest BCUT2D eigenvalue weighted by molar-refractivity contribution is -0.137. The van der Waals surface area contributed by atoms with Crippen molar-refractivity contribution in [2.24, 2.45) is 0 Å². The smallest absolute Gasteiger partial charge is 0.242 e. The molecule has 1 unspecified atom stereocenters. The summed E-state index contributed by atoms with van der Waals surface area (Å²) in [5.41, 5.74) is 0.986. The van der Waals surface area contributed by atoms with Crippen LogP contribution in [0.5, 0.6) is 0 Å². The minimum Gasteiger partial charge on any atom is -0.353 e. The van der Waals surface area contributed by atoms with Crippen molar-refractivity contribution >= 4 is 11.8 Å². The van der Waals surface area contributed by atoms with Gasteiger partial charge in [0.15, 0.2) is 0 Å². The second-order valence-electron chi connectivity index (χ2n) is 7.08. The topological polar surface area (TPSA) is 49.4 Å². The van der Waals surface area contributed by atoms with Gasteiger partial charge in [-0.2, -0.15) is 0 Å². The Balaban J connectivity index is 1.69. The van der Waals surface area contributed by atoms with Crippen molar-refractivity contribution in [3.63, 3.8) is 0 Å². The number of halogens is 1. The summed E-state index contributed by atoms with van der Waals surface area (Å²) in [6.07, 6.45) is 5.85. The lowest BCUT2D eigenvalue weighted by atomic mass is 9.78. The van der Waals surface area contributed by atoms with Gasteiger partial charge in [0.2, 0.25) is 11.8 Å². The highest BCUT2D eigenvalue weighted by Gasteiger charge is 2.38. The van der Waals surface area contributed by atoms with E-state index in [-0.39, 0.29) is 29.1 Å². The van der Waals surface area contributed by atoms with E-state index in [9.17, 15) is 14.0 Å². The number of carbonyl (C=O) groups excluding carboxylic acids is 2. The third kappa shape index (κ3) is 3.30. The Hall–Kier alpha value is -1.91. The summed E-state index contributed by atoms with van der Waals surface area (Å²) in [6, 6.07) is 6.32. The van der Waals surface area contributed by atoms with Crippen molar-refractivity contribution in [1.29, 1.82) is 0 Å². The van der Waals surface area contributed by atoms with E-state index in [1.165, 1.54) is 19.1 Å². The molecule has 1 aromatic rings. The standard InChI is InChI=1S/C19H25FN2O2/c1-14(23)22-12-4-5-17(22)18(24)21-13-19(10-2-3-11-19)15-6-8-16(20)9-7-15/h6-9,17H,2-5,10-13H2,1H3,(H,21,24). The molecule has 1 aromatic carbocycles. The van der Waals surface area contributed by atoms with Gasteiger partial charge in [0.25, 0.3) is 0 Å². The monoisotopic (exact) mass is 332 g/mol. The largest absolute Gasteiger partial charge is 0.353 e. The third-order valence-electron chi connectivity index (χ3n) is 5.58. The van der Waals surface area contributed by atoms with Gasteiger partial charge >= 0.3 is 0 Å². The Labute approximate surface area is 142 Å². The molecule has 130 valence electrons.